The topological polar surface area (TPSA) is 80.9 Å². The zero-order chi connectivity index (χ0) is 11.4. The molecule has 0 saturated carbocycles. The molecule has 0 unspecified atom stereocenters. The Morgan fingerprint density at radius 2 is 2.44 bits per heavy atom. The van der Waals surface area contributed by atoms with Gasteiger partial charge < -0.3 is 11.1 Å². The average Bonchev–Trinajstić information content (AvgIpc) is 2.74. The minimum atomic E-state index is -0.225. The average molecular weight is 234 g/mol. The molecule has 0 fully saturated rings. The van der Waals surface area contributed by atoms with Crippen LogP contribution in [0.4, 0.5) is 5.13 Å². The molecule has 1 amide bonds. The zero-order valence-corrected chi connectivity index (χ0v) is 9.20. The highest BCUT2D eigenvalue weighted by Gasteiger charge is 2.08. The summed E-state index contributed by atoms with van der Waals surface area (Å²) in [6.07, 6.45) is 3.39. The Labute approximate surface area is 96.3 Å². The molecule has 0 aliphatic heterocycles. The number of thiazole rings is 1. The molecule has 3 N–H and O–H groups in total. The van der Waals surface area contributed by atoms with E-state index < -0.39 is 0 Å². The molecule has 6 heteroatoms. The lowest BCUT2D eigenvalue weighted by Crippen LogP contribution is -2.23. The van der Waals surface area contributed by atoms with Crippen molar-refractivity contribution >= 4 is 22.4 Å². The van der Waals surface area contributed by atoms with Crippen molar-refractivity contribution in [2.45, 2.75) is 6.54 Å². The van der Waals surface area contributed by atoms with Crippen molar-refractivity contribution in [3.8, 4) is 0 Å². The first-order valence-corrected chi connectivity index (χ1v) is 5.52. The molecule has 2 aromatic rings. The molecule has 16 heavy (non-hydrogen) atoms. The lowest BCUT2D eigenvalue weighted by molar-refractivity contribution is 0.0946. The summed E-state index contributed by atoms with van der Waals surface area (Å²) < 4.78 is 0. The highest BCUT2D eigenvalue weighted by molar-refractivity contribution is 7.13. The monoisotopic (exact) mass is 234 g/mol. The Bertz CT molecular complexity index is 483. The smallest absolute Gasteiger partial charge is 0.271 e. The highest BCUT2D eigenvalue weighted by Crippen LogP contribution is 2.10. The first-order chi connectivity index (χ1) is 7.75. The molecular formula is C10H10N4OS. The summed E-state index contributed by atoms with van der Waals surface area (Å²) in [6, 6.07) is 3.71. The number of carbonyl (C=O) groups is 1. The van der Waals surface area contributed by atoms with Crippen molar-refractivity contribution in [1.82, 2.24) is 15.3 Å². The van der Waals surface area contributed by atoms with E-state index in [-0.39, 0.29) is 5.91 Å². The molecule has 0 aromatic carbocycles. The van der Waals surface area contributed by atoms with E-state index >= 15 is 0 Å². The van der Waals surface area contributed by atoms with Crippen LogP contribution in [0.5, 0.6) is 0 Å². The predicted molar refractivity (Wildman–Crippen MR) is 61.9 cm³/mol. The number of amides is 1. The van der Waals surface area contributed by atoms with E-state index in [2.05, 4.69) is 15.3 Å². The second kappa shape index (κ2) is 4.71. The third-order valence-electron chi connectivity index (χ3n) is 1.93. The SMILES string of the molecule is Nc1nc(C(=O)NCc2cccnc2)cs1. The molecule has 0 spiro atoms. The number of rotatable bonds is 3. The first kappa shape index (κ1) is 10.6. The van der Waals surface area contributed by atoms with Gasteiger partial charge >= 0.3 is 0 Å². The van der Waals surface area contributed by atoms with E-state index in [4.69, 9.17) is 5.73 Å². The lowest BCUT2D eigenvalue weighted by atomic mass is 10.3. The largest absolute Gasteiger partial charge is 0.375 e. The molecule has 0 aliphatic carbocycles. The van der Waals surface area contributed by atoms with Gasteiger partial charge in [0.2, 0.25) is 0 Å². The van der Waals surface area contributed by atoms with Crippen molar-refractivity contribution in [2.24, 2.45) is 0 Å². The van der Waals surface area contributed by atoms with Crippen molar-refractivity contribution in [1.29, 1.82) is 0 Å². The molecule has 82 valence electrons. The number of nitrogens with one attached hydrogen (secondary N) is 1. The molecule has 2 rings (SSSR count). The minimum Gasteiger partial charge on any atom is -0.375 e. The van der Waals surface area contributed by atoms with E-state index in [9.17, 15) is 4.79 Å². The summed E-state index contributed by atoms with van der Waals surface area (Å²) in [5.41, 5.74) is 6.74. The Balaban J connectivity index is 1.94. The van der Waals surface area contributed by atoms with E-state index in [0.717, 1.165) is 5.56 Å². The maximum Gasteiger partial charge on any atom is 0.271 e. The van der Waals surface area contributed by atoms with Crippen LogP contribution >= 0.6 is 11.3 Å². The number of aromatic nitrogens is 2. The van der Waals surface area contributed by atoms with Crippen LogP contribution < -0.4 is 11.1 Å². The van der Waals surface area contributed by atoms with Crippen LogP contribution in [0.3, 0.4) is 0 Å². The number of pyridine rings is 1. The maximum atomic E-state index is 11.6. The number of nitrogens with zero attached hydrogens (tertiary/aromatic N) is 2. The number of nitrogen functional groups attached to an aromatic ring is 1. The molecule has 5 nitrogen and oxygen atoms in total. The summed E-state index contributed by atoms with van der Waals surface area (Å²) >= 11 is 1.25. The molecular weight excluding hydrogens is 224 g/mol. The van der Waals surface area contributed by atoms with Gasteiger partial charge in [-0.05, 0) is 11.6 Å². The van der Waals surface area contributed by atoms with E-state index in [1.54, 1.807) is 17.8 Å². The Morgan fingerprint density at radius 3 is 3.06 bits per heavy atom. The zero-order valence-electron chi connectivity index (χ0n) is 8.38. The number of nitrogens with two attached hydrogens (primary N) is 1. The second-order valence-corrected chi connectivity index (χ2v) is 4.00. The Kier molecular flexibility index (Phi) is 3.11. The third-order valence-corrected chi connectivity index (χ3v) is 2.60. The number of anilines is 1. The van der Waals surface area contributed by atoms with Gasteiger partial charge in [0.25, 0.3) is 5.91 Å². The minimum absolute atomic E-state index is 0.225. The summed E-state index contributed by atoms with van der Waals surface area (Å²) in [6.45, 7) is 0.435. The van der Waals surface area contributed by atoms with Crippen LogP contribution in [0, 0.1) is 0 Å². The standard InChI is InChI=1S/C10H10N4OS/c11-10-14-8(6-16-10)9(15)13-5-7-2-1-3-12-4-7/h1-4,6H,5H2,(H2,11,14)(H,13,15). The summed E-state index contributed by atoms with van der Waals surface area (Å²) in [7, 11) is 0. The maximum absolute atomic E-state index is 11.6. The first-order valence-electron chi connectivity index (χ1n) is 4.64. The molecule has 0 radical (unpaired) electrons. The van der Waals surface area contributed by atoms with Gasteiger partial charge in [-0.3, -0.25) is 9.78 Å². The van der Waals surface area contributed by atoms with Gasteiger partial charge in [-0.15, -0.1) is 11.3 Å². The summed E-state index contributed by atoms with van der Waals surface area (Å²) in [5, 5.41) is 4.77. The number of hydrogen-bond donors (Lipinski definition) is 2. The van der Waals surface area contributed by atoms with Crippen molar-refractivity contribution in [2.75, 3.05) is 5.73 Å². The van der Waals surface area contributed by atoms with E-state index in [1.807, 2.05) is 12.1 Å². The fourth-order valence-electron chi connectivity index (χ4n) is 1.17. The van der Waals surface area contributed by atoms with Gasteiger partial charge in [0.15, 0.2) is 5.13 Å². The molecule has 0 bridgehead atoms. The van der Waals surface area contributed by atoms with Crippen LogP contribution in [0.2, 0.25) is 0 Å². The van der Waals surface area contributed by atoms with Gasteiger partial charge in [0.1, 0.15) is 5.69 Å². The molecule has 0 atom stereocenters. The molecule has 2 aromatic heterocycles. The summed E-state index contributed by atoms with van der Waals surface area (Å²) in [5.74, 6) is -0.225. The van der Waals surface area contributed by atoms with E-state index in [0.29, 0.717) is 17.4 Å². The highest BCUT2D eigenvalue weighted by atomic mass is 32.1. The normalized spacial score (nSPS) is 10.0. The van der Waals surface area contributed by atoms with Gasteiger partial charge in [-0.25, -0.2) is 4.98 Å². The Hall–Kier alpha value is -1.95. The fraction of sp³-hybridized carbons (Fsp3) is 0.100. The number of hydrogen-bond acceptors (Lipinski definition) is 5. The third kappa shape index (κ3) is 2.54. The van der Waals surface area contributed by atoms with Crippen molar-refractivity contribution < 1.29 is 4.79 Å². The van der Waals surface area contributed by atoms with Gasteiger partial charge in [-0.1, -0.05) is 6.07 Å². The van der Waals surface area contributed by atoms with Crippen molar-refractivity contribution in [3.05, 3.63) is 41.2 Å². The van der Waals surface area contributed by atoms with E-state index in [1.165, 1.54) is 11.3 Å². The Morgan fingerprint density at radius 1 is 1.56 bits per heavy atom. The quantitative estimate of drug-likeness (QED) is 0.831. The second-order valence-electron chi connectivity index (χ2n) is 3.11. The van der Waals surface area contributed by atoms with Crippen LogP contribution in [0.25, 0.3) is 0 Å². The number of carbonyl (C=O) groups excluding carboxylic acids is 1. The van der Waals surface area contributed by atoms with Crippen LogP contribution in [0.15, 0.2) is 29.9 Å². The van der Waals surface area contributed by atoms with Crippen LogP contribution in [-0.4, -0.2) is 15.9 Å². The fourth-order valence-corrected chi connectivity index (χ4v) is 1.71. The van der Waals surface area contributed by atoms with Crippen LogP contribution in [0.1, 0.15) is 16.1 Å². The lowest BCUT2D eigenvalue weighted by Gasteiger charge is -2.02. The molecule has 0 aliphatic rings. The van der Waals surface area contributed by atoms with Gasteiger partial charge in [0.05, 0.1) is 0 Å². The predicted octanol–water partition coefficient (Wildman–Crippen LogP) is 1.05. The van der Waals surface area contributed by atoms with Gasteiger partial charge in [0, 0.05) is 24.3 Å². The summed E-state index contributed by atoms with van der Waals surface area (Å²) in [4.78, 5) is 19.4. The van der Waals surface area contributed by atoms with Crippen molar-refractivity contribution in [3.63, 3.8) is 0 Å². The molecule has 2 heterocycles. The van der Waals surface area contributed by atoms with Gasteiger partial charge in [-0.2, -0.15) is 0 Å². The molecule has 0 saturated heterocycles. The van der Waals surface area contributed by atoms with Crippen LogP contribution in [-0.2, 0) is 6.54 Å².